The molecule has 0 saturated heterocycles. The van der Waals surface area contributed by atoms with E-state index in [4.69, 9.17) is 16.3 Å². The SMILES string of the molecule is CCn1nc(C)c(Cl)c1COc1cc(C)ccc1C(C)=O. The monoisotopic (exact) mass is 306 g/mol. The number of ketones is 1. The van der Waals surface area contributed by atoms with Crippen LogP contribution in [-0.4, -0.2) is 15.6 Å². The first kappa shape index (κ1) is 15.6. The number of Topliss-reactive ketones (excluding diaryl/α,β-unsaturated/α-hetero) is 1. The molecule has 1 aromatic heterocycles. The molecule has 0 fully saturated rings. The summed E-state index contributed by atoms with van der Waals surface area (Å²) in [7, 11) is 0. The first-order valence-electron chi connectivity index (χ1n) is 6.90. The van der Waals surface area contributed by atoms with Crippen LogP contribution in [0.4, 0.5) is 0 Å². The molecule has 0 amide bonds. The standard InChI is InChI=1S/C16H19ClN2O2/c1-5-19-14(16(17)11(3)18-19)9-21-15-8-10(2)6-7-13(15)12(4)20/h6-8H,5,9H2,1-4H3. The number of halogens is 1. The summed E-state index contributed by atoms with van der Waals surface area (Å²) in [6, 6.07) is 5.55. The summed E-state index contributed by atoms with van der Waals surface area (Å²) in [5, 5.41) is 4.97. The van der Waals surface area contributed by atoms with Gasteiger partial charge in [-0.25, -0.2) is 0 Å². The van der Waals surface area contributed by atoms with Crippen LogP contribution in [0.3, 0.4) is 0 Å². The van der Waals surface area contributed by atoms with Gasteiger partial charge in [-0.15, -0.1) is 0 Å². The Morgan fingerprint density at radius 3 is 2.71 bits per heavy atom. The summed E-state index contributed by atoms with van der Waals surface area (Å²) in [6.07, 6.45) is 0. The lowest BCUT2D eigenvalue weighted by molar-refractivity contribution is 0.101. The molecular formula is C16H19ClN2O2. The molecule has 0 saturated carbocycles. The van der Waals surface area contributed by atoms with Crippen LogP contribution in [-0.2, 0) is 13.2 Å². The molecule has 4 nitrogen and oxygen atoms in total. The smallest absolute Gasteiger partial charge is 0.163 e. The second-order valence-electron chi connectivity index (χ2n) is 5.01. The number of nitrogens with zero attached hydrogens (tertiary/aromatic N) is 2. The van der Waals surface area contributed by atoms with E-state index < -0.39 is 0 Å². The van der Waals surface area contributed by atoms with Gasteiger partial charge >= 0.3 is 0 Å². The van der Waals surface area contributed by atoms with Crippen LogP contribution in [0.15, 0.2) is 18.2 Å². The zero-order valence-corrected chi connectivity index (χ0v) is 13.5. The van der Waals surface area contributed by atoms with E-state index in [0.29, 0.717) is 16.3 Å². The quantitative estimate of drug-likeness (QED) is 0.786. The summed E-state index contributed by atoms with van der Waals surface area (Å²) in [5.41, 5.74) is 3.23. The number of aryl methyl sites for hydroxylation is 3. The van der Waals surface area contributed by atoms with Gasteiger partial charge in [0.05, 0.1) is 22.0 Å². The Labute approximate surface area is 129 Å². The van der Waals surface area contributed by atoms with Crippen LogP contribution < -0.4 is 4.74 Å². The maximum Gasteiger partial charge on any atom is 0.163 e. The molecule has 0 aliphatic rings. The Balaban J connectivity index is 2.28. The lowest BCUT2D eigenvalue weighted by atomic mass is 10.1. The van der Waals surface area contributed by atoms with Gasteiger partial charge in [0.1, 0.15) is 12.4 Å². The van der Waals surface area contributed by atoms with Crippen LogP contribution in [0.25, 0.3) is 0 Å². The third-order valence-electron chi connectivity index (χ3n) is 3.33. The first-order valence-corrected chi connectivity index (χ1v) is 7.28. The second-order valence-corrected chi connectivity index (χ2v) is 5.38. The van der Waals surface area contributed by atoms with Gasteiger partial charge < -0.3 is 4.74 Å². The summed E-state index contributed by atoms with van der Waals surface area (Å²) >= 11 is 6.26. The van der Waals surface area contributed by atoms with E-state index >= 15 is 0 Å². The highest BCUT2D eigenvalue weighted by atomic mass is 35.5. The second kappa shape index (κ2) is 6.31. The molecule has 0 radical (unpaired) electrons. The Kier molecular flexibility index (Phi) is 4.68. The summed E-state index contributed by atoms with van der Waals surface area (Å²) in [6.45, 7) is 8.37. The van der Waals surface area contributed by atoms with Crippen LogP contribution in [0.2, 0.25) is 5.02 Å². The van der Waals surface area contributed by atoms with Crippen LogP contribution in [0, 0.1) is 13.8 Å². The minimum Gasteiger partial charge on any atom is -0.486 e. The fraction of sp³-hybridized carbons (Fsp3) is 0.375. The number of hydrogen-bond donors (Lipinski definition) is 0. The van der Waals surface area contributed by atoms with Crippen molar-refractivity contribution >= 4 is 17.4 Å². The van der Waals surface area contributed by atoms with Gasteiger partial charge in [0.25, 0.3) is 0 Å². The van der Waals surface area contributed by atoms with Gasteiger partial charge in [-0.05, 0) is 45.4 Å². The lowest BCUT2D eigenvalue weighted by Gasteiger charge is -2.12. The zero-order chi connectivity index (χ0) is 15.6. The van der Waals surface area contributed by atoms with Crippen LogP contribution >= 0.6 is 11.6 Å². The molecule has 0 N–H and O–H groups in total. The molecule has 0 aliphatic carbocycles. The van der Waals surface area contributed by atoms with Crippen molar-refractivity contribution in [2.45, 2.75) is 40.8 Å². The van der Waals surface area contributed by atoms with Gasteiger partial charge in [0.15, 0.2) is 5.78 Å². The number of carbonyl (C=O) groups excluding carboxylic acids is 1. The van der Waals surface area contributed by atoms with E-state index in [-0.39, 0.29) is 12.4 Å². The molecule has 0 aliphatic heterocycles. The molecule has 2 rings (SSSR count). The molecule has 0 unspecified atom stereocenters. The van der Waals surface area contributed by atoms with Crippen molar-refractivity contribution in [1.29, 1.82) is 0 Å². The zero-order valence-electron chi connectivity index (χ0n) is 12.7. The highest BCUT2D eigenvalue weighted by molar-refractivity contribution is 6.31. The van der Waals surface area contributed by atoms with E-state index in [2.05, 4.69) is 5.10 Å². The summed E-state index contributed by atoms with van der Waals surface area (Å²) in [5.74, 6) is 0.566. The highest BCUT2D eigenvalue weighted by Crippen LogP contribution is 2.25. The molecule has 0 bridgehead atoms. The predicted octanol–water partition coefficient (Wildman–Crippen LogP) is 3.95. The van der Waals surface area contributed by atoms with Gasteiger partial charge in [-0.3, -0.25) is 9.48 Å². The average molecular weight is 307 g/mol. The van der Waals surface area contributed by atoms with E-state index in [1.54, 1.807) is 6.07 Å². The van der Waals surface area contributed by atoms with Gasteiger partial charge in [-0.1, -0.05) is 17.7 Å². The van der Waals surface area contributed by atoms with E-state index in [0.717, 1.165) is 23.5 Å². The Hall–Kier alpha value is -1.81. The van der Waals surface area contributed by atoms with E-state index in [1.165, 1.54) is 6.92 Å². The van der Waals surface area contributed by atoms with Gasteiger partial charge in [-0.2, -0.15) is 5.10 Å². The van der Waals surface area contributed by atoms with Crippen molar-refractivity contribution in [3.05, 3.63) is 45.7 Å². The van der Waals surface area contributed by atoms with Crippen LogP contribution in [0.5, 0.6) is 5.75 Å². The molecule has 5 heteroatoms. The number of aromatic nitrogens is 2. The Morgan fingerprint density at radius 1 is 1.38 bits per heavy atom. The van der Waals surface area contributed by atoms with Crippen molar-refractivity contribution in [2.24, 2.45) is 0 Å². The third kappa shape index (κ3) is 3.27. The molecule has 21 heavy (non-hydrogen) atoms. The normalized spacial score (nSPS) is 10.7. The molecule has 0 spiro atoms. The molecule has 0 atom stereocenters. The van der Waals surface area contributed by atoms with Crippen molar-refractivity contribution in [3.8, 4) is 5.75 Å². The Morgan fingerprint density at radius 2 is 2.10 bits per heavy atom. The highest BCUT2D eigenvalue weighted by Gasteiger charge is 2.15. The van der Waals surface area contributed by atoms with Crippen molar-refractivity contribution in [2.75, 3.05) is 0 Å². The minimum absolute atomic E-state index is 0.0173. The molecule has 112 valence electrons. The van der Waals surface area contributed by atoms with Crippen molar-refractivity contribution in [3.63, 3.8) is 0 Å². The maximum atomic E-state index is 11.7. The minimum atomic E-state index is -0.0173. The van der Waals surface area contributed by atoms with Crippen molar-refractivity contribution in [1.82, 2.24) is 9.78 Å². The van der Waals surface area contributed by atoms with Crippen LogP contribution in [0.1, 0.15) is 41.2 Å². The van der Waals surface area contributed by atoms with E-state index in [1.807, 2.05) is 37.6 Å². The fourth-order valence-corrected chi connectivity index (χ4v) is 2.38. The molecule has 2 aromatic rings. The number of rotatable bonds is 5. The molecular weight excluding hydrogens is 288 g/mol. The van der Waals surface area contributed by atoms with Crippen molar-refractivity contribution < 1.29 is 9.53 Å². The third-order valence-corrected chi connectivity index (χ3v) is 3.83. The topological polar surface area (TPSA) is 44.1 Å². The molecule has 1 heterocycles. The Bertz CT molecular complexity index is 677. The largest absolute Gasteiger partial charge is 0.486 e. The summed E-state index contributed by atoms with van der Waals surface area (Å²) in [4.78, 5) is 11.7. The number of benzene rings is 1. The first-order chi connectivity index (χ1) is 9.93. The number of carbonyl (C=O) groups is 1. The fourth-order valence-electron chi connectivity index (χ4n) is 2.19. The van der Waals surface area contributed by atoms with Gasteiger partial charge in [0, 0.05) is 6.54 Å². The lowest BCUT2D eigenvalue weighted by Crippen LogP contribution is -2.08. The number of hydrogen-bond acceptors (Lipinski definition) is 3. The maximum absolute atomic E-state index is 11.7. The molecule has 1 aromatic carbocycles. The predicted molar refractivity (Wildman–Crippen MR) is 83.2 cm³/mol. The van der Waals surface area contributed by atoms with E-state index in [9.17, 15) is 4.79 Å². The number of ether oxygens (including phenoxy) is 1. The average Bonchev–Trinajstić information content (AvgIpc) is 2.71. The van der Waals surface area contributed by atoms with Gasteiger partial charge in [0.2, 0.25) is 0 Å². The summed E-state index contributed by atoms with van der Waals surface area (Å²) < 4.78 is 7.66.